The van der Waals surface area contributed by atoms with Gasteiger partial charge in [0.15, 0.2) is 0 Å². The van der Waals surface area contributed by atoms with Crippen LogP contribution >= 0.6 is 0 Å². The van der Waals surface area contributed by atoms with Crippen molar-refractivity contribution in [3.05, 3.63) is 60.2 Å². The Kier molecular flexibility index (Phi) is 5.37. The number of methoxy groups -OCH3 is 1. The standard InChI is InChI=1S/C11H12.C5H8O2/c1-2-9-7-8-10-5-3-4-6-11(9)10;1-4(2)5(6)7-3/h2-6,9H,1,7-8H2;1H2,2-3H3. The van der Waals surface area contributed by atoms with E-state index in [4.69, 9.17) is 0 Å². The second-order valence-corrected chi connectivity index (χ2v) is 4.35. The molecule has 1 unspecified atom stereocenters. The summed E-state index contributed by atoms with van der Waals surface area (Å²) in [6.07, 6.45) is 4.54. The van der Waals surface area contributed by atoms with Gasteiger partial charge in [-0.1, -0.05) is 36.9 Å². The third kappa shape index (κ3) is 3.59. The van der Waals surface area contributed by atoms with E-state index in [0.29, 0.717) is 11.5 Å². The minimum atomic E-state index is -0.347. The van der Waals surface area contributed by atoms with Crippen molar-refractivity contribution in [2.75, 3.05) is 7.11 Å². The summed E-state index contributed by atoms with van der Waals surface area (Å²) < 4.78 is 4.27. The molecule has 0 aromatic heterocycles. The minimum Gasteiger partial charge on any atom is -0.466 e. The highest BCUT2D eigenvalue weighted by Gasteiger charge is 2.17. The number of rotatable bonds is 2. The first-order chi connectivity index (χ1) is 8.60. The highest BCUT2D eigenvalue weighted by molar-refractivity contribution is 5.86. The molecule has 0 bridgehead atoms. The van der Waals surface area contributed by atoms with Gasteiger partial charge in [0.05, 0.1) is 7.11 Å². The molecule has 1 aromatic carbocycles. The van der Waals surface area contributed by atoms with E-state index >= 15 is 0 Å². The van der Waals surface area contributed by atoms with Gasteiger partial charge in [0.1, 0.15) is 0 Å². The first-order valence-electron chi connectivity index (χ1n) is 6.04. The maximum atomic E-state index is 10.2. The van der Waals surface area contributed by atoms with E-state index in [0.717, 1.165) is 0 Å². The molecule has 1 atom stereocenters. The lowest BCUT2D eigenvalue weighted by molar-refractivity contribution is -0.136. The smallest absolute Gasteiger partial charge is 0.332 e. The number of allylic oxidation sites excluding steroid dienone is 1. The molecule has 1 aliphatic rings. The van der Waals surface area contributed by atoms with Crippen LogP contribution in [0.3, 0.4) is 0 Å². The SMILES string of the molecule is C=C(C)C(=O)OC.C=CC1CCc2ccccc21. The van der Waals surface area contributed by atoms with Crippen LogP contribution in [0, 0.1) is 0 Å². The molecule has 0 heterocycles. The number of hydrogen-bond donors (Lipinski definition) is 0. The highest BCUT2D eigenvalue weighted by Crippen LogP contribution is 2.32. The molecule has 2 nitrogen and oxygen atoms in total. The molecule has 1 aromatic rings. The Bertz CT molecular complexity index is 446. The molecule has 2 heteroatoms. The minimum absolute atomic E-state index is 0.347. The van der Waals surface area contributed by atoms with Crippen molar-refractivity contribution in [2.45, 2.75) is 25.7 Å². The van der Waals surface area contributed by atoms with Crippen LogP contribution in [0.25, 0.3) is 0 Å². The van der Waals surface area contributed by atoms with Crippen molar-refractivity contribution in [1.82, 2.24) is 0 Å². The Hall–Kier alpha value is -1.83. The molecule has 0 N–H and O–H groups in total. The zero-order valence-corrected chi connectivity index (χ0v) is 11.1. The Morgan fingerprint density at radius 1 is 1.44 bits per heavy atom. The summed E-state index contributed by atoms with van der Waals surface area (Å²) >= 11 is 0. The number of esters is 1. The van der Waals surface area contributed by atoms with Crippen LogP contribution in [0.5, 0.6) is 0 Å². The van der Waals surface area contributed by atoms with Crippen molar-refractivity contribution in [1.29, 1.82) is 0 Å². The molecule has 0 saturated heterocycles. The summed E-state index contributed by atoms with van der Waals surface area (Å²) in [5.74, 6) is 0.270. The van der Waals surface area contributed by atoms with E-state index in [9.17, 15) is 4.79 Å². The largest absolute Gasteiger partial charge is 0.466 e. The van der Waals surface area contributed by atoms with Gasteiger partial charge in [-0.05, 0) is 30.9 Å². The van der Waals surface area contributed by atoms with E-state index in [1.807, 2.05) is 0 Å². The fourth-order valence-electron chi connectivity index (χ4n) is 2.01. The van der Waals surface area contributed by atoms with Gasteiger partial charge >= 0.3 is 5.97 Å². The topological polar surface area (TPSA) is 26.3 Å². The second kappa shape index (κ2) is 6.80. The zero-order valence-electron chi connectivity index (χ0n) is 11.1. The average molecular weight is 244 g/mol. The van der Waals surface area contributed by atoms with Crippen LogP contribution in [0.1, 0.15) is 30.4 Å². The molecule has 1 aliphatic carbocycles. The molecule has 2 rings (SSSR count). The lowest BCUT2D eigenvalue weighted by Crippen LogP contribution is -1.98. The number of fused-ring (bicyclic) bond motifs is 1. The lowest BCUT2D eigenvalue weighted by Gasteiger charge is -2.03. The van der Waals surface area contributed by atoms with Gasteiger partial charge < -0.3 is 4.74 Å². The van der Waals surface area contributed by atoms with E-state index in [1.165, 1.54) is 31.1 Å². The molecule has 0 amide bonds. The van der Waals surface area contributed by atoms with Crippen LogP contribution in [-0.2, 0) is 16.0 Å². The monoisotopic (exact) mass is 244 g/mol. The molecule has 96 valence electrons. The van der Waals surface area contributed by atoms with E-state index in [1.54, 1.807) is 6.92 Å². The van der Waals surface area contributed by atoms with Crippen molar-refractivity contribution in [3.63, 3.8) is 0 Å². The number of carbonyl (C=O) groups is 1. The van der Waals surface area contributed by atoms with E-state index in [2.05, 4.69) is 48.2 Å². The van der Waals surface area contributed by atoms with Crippen LogP contribution in [0.4, 0.5) is 0 Å². The van der Waals surface area contributed by atoms with Crippen LogP contribution in [0.15, 0.2) is 49.1 Å². The van der Waals surface area contributed by atoms with Gasteiger partial charge in [-0.2, -0.15) is 0 Å². The third-order valence-electron chi connectivity index (χ3n) is 3.00. The molecule has 0 fully saturated rings. The molecular formula is C16H20O2. The van der Waals surface area contributed by atoms with Crippen molar-refractivity contribution in [3.8, 4) is 0 Å². The number of ether oxygens (including phenoxy) is 1. The highest BCUT2D eigenvalue weighted by atomic mass is 16.5. The average Bonchev–Trinajstić information content (AvgIpc) is 2.81. The predicted molar refractivity (Wildman–Crippen MR) is 74.5 cm³/mol. The quantitative estimate of drug-likeness (QED) is 0.451. The van der Waals surface area contributed by atoms with Gasteiger partial charge in [-0.3, -0.25) is 0 Å². The number of hydrogen-bond acceptors (Lipinski definition) is 2. The Morgan fingerprint density at radius 2 is 2.11 bits per heavy atom. The number of aryl methyl sites for hydroxylation is 1. The second-order valence-electron chi connectivity index (χ2n) is 4.35. The summed E-state index contributed by atoms with van der Waals surface area (Å²) in [7, 11) is 1.33. The first kappa shape index (κ1) is 14.2. The van der Waals surface area contributed by atoms with Crippen LogP contribution in [-0.4, -0.2) is 13.1 Å². The normalized spacial score (nSPS) is 16.0. The molecular weight excluding hydrogens is 224 g/mol. The molecule has 0 saturated carbocycles. The Balaban J connectivity index is 0.000000203. The van der Waals surface area contributed by atoms with Crippen LogP contribution < -0.4 is 0 Å². The number of benzene rings is 1. The summed E-state index contributed by atoms with van der Waals surface area (Å²) in [6, 6.07) is 8.67. The maximum absolute atomic E-state index is 10.2. The summed E-state index contributed by atoms with van der Waals surface area (Å²) in [4.78, 5) is 10.2. The summed E-state index contributed by atoms with van der Waals surface area (Å²) in [5.41, 5.74) is 3.43. The predicted octanol–water partition coefficient (Wildman–Crippen LogP) is 3.64. The van der Waals surface area contributed by atoms with Crippen molar-refractivity contribution >= 4 is 5.97 Å². The van der Waals surface area contributed by atoms with E-state index < -0.39 is 0 Å². The zero-order chi connectivity index (χ0) is 13.5. The summed E-state index contributed by atoms with van der Waals surface area (Å²) in [6.45, 7) is 8.80. The van der Waals surface area contributed by atoms with Gasteiger partial charge in [-0.15, -0.1) is 6.58 Å². The fraction of sp³-hybridized carbons (Fsp3) is 0.312. The third-order valence-corrected chi connectivity index (χ3v) is 3.00. The molecule has 18 heavy (non-hydrogen) atoms. The first-order valence-corrected chi connectivity index (χ1v) is 6.04. The fourth-order valence-corrected chi connectivity index (χ4v) is 2.01. The van der Waals surface area contributed by atoms with Gasteiger partial charge in [-0.25, -0.2) is 4.79 Å². The molecule has 0 spiro atoms. The Labute approximate surface area is 109 Å². The van der Waals surface area contributed by atoms with Gasteiger partial charge in [0, 0.05) is 11.5 Å². The Morgan fingerprint density at radius 3 is 2.61 bits per heavy atom. The molecule has 0 aliphatic heterocycles. The lowest BCUT2D eigenvalue weighted by atomic mass is 10.0. The van der Waals surface area contributed by atoms with Crippen molar-refractivity contribution < 1.29 is 9.53 Å². The van der Waals surface area contributed by atoms with E-state index in [-0.39, 0.29) is 5.97 Å². The van der Waals surface area contributed by atoms with Gasteiger partial charge in [0.25, 0.3) is 0 Å². The maximum Gasteiger partial charge on any atom is 0.332 e. The van der Waals surface area contributed by atoms with Gasteiger partial charge in [0.2, 0.25) is 0 Å². The van der Waals surface area contributed by atoms with Crippen molar-refractivity contribution in [2.24, 2.45) is 0 Å². The number of carbonyl (C=O) groups excluding carboxylic acids is 1. The molecule has 0 radical (unpaired) electrons. The summed E-state index contributed by atoms with van der Waals surface area (Å²) in [5, 5.41) is 0. The van der Waals surface area contributed by atoms with Crippen LogP contribution in [0.2, 0.25) is 0 Å².